The summed E-state index contributed by atoms with van der Waals surface area (Å²) in [4.78, 5) is 2.29. The molecule has 0 radical (unpaired) electrons. The Labute approximate surface area is 137 Å². The van der Waals surface area contributed by atoms with Crippen LogP contribution in [-0.4, -0.2) is 48.6 Å². The van der Waals surface area contributed by atoms with Gasteiger partial charge in [-0.25, -0.2) is 8.78 Å². The lowest BCUT2D eigenvalue weighted by atomic mass is 9.98. The van der Waals surface area contributed by atoms with E-state index in [1.54, 1.807) is 0 Å². The molecule has 1 heterocycles. The average molecular weight is 379 g/mol. The van der Waals surface area contributed by atoms with Gasteiger partial charge in [0.2, 0.25) is 0 Å². The van der Waals surface area contributed by atoms with Crippen LogP contribution >= 0.6 is 27.7 Å². The van der Waals surface area contributed by atoms with Crippen molar-refractivity contribution in [1.82, 2.24) is 10.2 Å². The number of likely N-dealkylation sites (N-methyl/N-ethyl adjacent to an activating group) is 2. The molecule has 2 rings (SSSR count). The van der Waals surface area contributed by atoms with Crippen molar-refractivity contribution in [2.75, 3.05) is 31.6 Å². The fraction of sp³-hybridized carbons (Fsp3) is 0.600. The molecule has 0 spiro atoms. The Bertz CT molecular complexity index is 487. The molecule has 1 aliphatic rings. The number of rotatable bonds is 5. The molecule has 1 aromatic rings. The smallest absolute Gasteiger partial charge is 0.143 e. The first-order valence-corrected chi connectivity index (χ1v) is 9.13. The van der Waals surface area contributed by atoms with E-state index in [2.05, 4.69) is 33.2 Å². The molecule has 0 aliphatic carbocycles. The van der Waals surface area contributed by atoms with E-state index in [9.17, 15) is 8.78 Å². The molecule has 2 unspecified atom stereocenters. The second-order valence-corrected chi connectivity index (χ2v) is 7.32. The molecule has 21 heavy (non-hydrogen) atoms. The molecular weight excluding hydrogens is 358 g/mol. The predicted molar refractivity (Wildman–Crippen MR) is 89.0 cm³/mol. The van der Waals surface area contributed by atoms with Crippen molar-refractivity contribution in [3.8, 4) is 0 Å². The van der Waals surface area contributed by atoms with Crippen LogP contribution in [0.5, 0.6) is 0 Å². The molecule has 1 saturated heterocycles. The quantitative estimate of drug-likeness (QED) is 0.791. The van der Waals surface area contributed by atoms with Crippen molar-refractivity contribution >= 4 is 27.7 Å². The number of nitrogens with one attached hydrogen (secondary N) is 1. The standard InChI is InChI=1S/C15H21BrF2N2S/c1-3-19-13(14-9-21-7-6-20(14)2)8-10-12(17)5-4-11(16)15(10)18/h4-5,13-14,19H,3,6-9H2,1-2H3. The van der Waals surface area contributed by atoms with Gasteiger partial charge in [-0.1, -0.05) is 6.92 Å². The van der Waals surface area contributed by atoms with Crippen molar-refractivity contribution in [3.63, 3.8) is 0 Å². The third kappa shape index (κ3) is 4.18. The van der Waals surface area contributed by atoms with E-state index in [4.69, 9.17) is 0 Å². The molecule has 2 atom stereocenters. The highest BCUT2D eigenvalue weighted by molar-refractivity contribution is 9.10. The highest BCUT2D eigenvalue weighted by Crippen LogP contribution is 2.25. The van der Waals surface area contributed by atoms with Gasteiger partial charge in [0.1, 0.15) is 11.6 Å². The van der Waals surface area contributed by atoms with Crippen LogP contribution in [0.1, 0.15) is 12.5 Å². The maximum absolute atomic E-state index is 14.2. The van der Waals surface area contributed by atoms with Crippen LogP contribution in [0.15, 0.2) is 16.6 Å². The summed E-state index contributed by atoms with van der Waals surface area (Å²) in [6.07, 6.45) is 0.362. The normalized spacial score (nSPS) is 21.5. The third-order valence-corrected chi connectivity index (χ3v) is 5.60. The molecule has 1 N–H and O–H groups in total. The van der Waals surface area contributed by atoms with Gasteiger partial charge in [-0.3, -0.25) is 0 Å². The zero-order chi connectivity index (χ0) is 15.4. The van der Waals surface area contributed by atoms with Gasteiger partial charge in [0.05, 0.1) is 4.47 Å². The maximum atomic E-state index is 14.2. The Kier molecular flexibility index (Phi) is 6.47. The first-order chi connectivity index (χ1) is 10.0. The van der Waals surface area contributed by atoms with Crippen LogP contribution < -0.4 is 5.32 Å². The van der Waals surface area contributed by atoms with E-state index in [1.165, 1.54) is 12.1 Å². The second-order valence-electron chi connectivity index (χ2n) is 5.31. The van der Waals surface area contributed by atoms with Crippen LogP contribution in [0.4, 0.5) is 8.78 Å². The maximum Gasteiger partial charge on any atom is 0.143 e. The Morgan fingerprint density at radius 1 is 1.48 bits per heavy atom. The van der Waals surface area contributed by atoms with Crippen molar-refractivity contribution in [2.24, 2.45) is 0 Å². The van der Waals surface area contributed by atoms with Crippen molar-refractivity contribution in [2.45, 2.75) is 25.4 Å². The Morgan fingerprint density at radius 2 is 2.24 bits per heavy atom. The van der Waals surface area contributed by atoms with E-state index in [0.29, 0.717) is 16.9 Å². The van der Waals surface area contributed by atoms with E-state index < -0.39 is 11.6 Å². The summed E-state index contributed by atoms with van der Waals surface area (Å²) < 4.78 is 28.5. The molecule has 2 nitrogen and oxygen atoms in total. The zero-order valence-electron chi connectivity index (χ0n) is 12.3. The molecule has 0 bridgehead atoms. The van der Waals surface area contributed by atoms with Gasteiger partial charge >= 0.3 is 0 Å². The lowest BCUT2D eigenvalue weighted by Gasteiger charge is -2.38. The molecule has 0 saturated carbocycles. The second kappa shape index (κ2) is 7.90. The zero-order valence-corrected chi connectivity index (χ0v) is 14.7. The SMILES string of the molecule is CCNC(Cc1c(F)ccc(Br)c1F)C1CSCCN1C. The first-order valence-electron chi connectivity index (χ1n) is 7.18. The van der Waals surface area contributed by atoms with Crippen LogP contribution in [-0.2, 0) is 6.42 Å². The lowest BCUT2D eigenvalue weighted by molar-refractivity contribution is 0.213. The number of benzene rings is 1. The summed E-state index contributed by atoms with van der Waals surface area (Å²) >= 11 is 5.05. The molecule has 1 aliphatic heterocycles. The van der Waals surface area contributed by atoms with Gasteiger partial charge in [0.15, 0.2) is 0 Å². The highest BCUT2D eigenvalue weighted by atomic mass is 79.9. The Hall–Kier alpha value is -0.170. The summed E-state index contributed by atoms with van der Waals surface area (Å²) in [5, 5.41) is 3.40. The largest absolute Gasteiger partial charge is 0.312 e. The van der Waals surface area contributed by atoms with E-state index >= 15 is 0 Å². The Morgan fingerprint density at radius 3 is 2.90 bits per heavy atom. The van der Waals surface area contributed by atoms with Gasteiger partial charge < -0.3 is 10.2 Å². The van der Waals surface area contributed by atoms with Crippen molar-refractivity contribution in [1.29, 1.82) is 0 Å². The number of halogens is 3. The minimum Gasteiger partial charge on any atom is -0.312 e. The summed E-state index contributed by atoms with van der Waals surface area (Å²) in [6.45, 7) is 3.83. The summed E-state index contributed by atoms with van der Waals surface area (Å²) in [5.41, 5.74) is 0.166. The van der Waals surface area contributed by atoms with Crippen molar-refractivity contribution < 1.29 is 8.78 Å². The monoisotopic (exact) mass is 378 g/mol. The third-order valence-electron chi connectivity index (χ3n) is 3.94. The lowest BCUT2D eigenvalue weighted by Crippen LogP contribution is -2.53. The van der Waals surface area contributed by atoms with Gasteiger partial charge in [-0.05, 0) is 48.1 Å². The minimum absolute atomic E-state index is 0.0473. The topological polar surface area (TPSA) is 15.3 Å². The van der Waals surface area contributed by atoms with Crippen LogP contribution in [0.25, 0.3) is 0 Å². The molecule has 0 amide bonds. The summed E-state index contributed by atoms with van der Waals surface area (Å²) in [7, 11) is 2.09. The fourth-order valence-electron chi connectivity index (χ4n) is 2.71. The van der Waals surface area contributed by atoms with E-state index in [0.717, 1.165) is 24.6 Å². The number of hydrogen-bond acceptors (Lipinski definition) is 3. The molecule has 6 heteroatoms. The van der Waals surface area contributed by atoms with Crippen LogP contribution in [0.3, 0.4) is 0 Å². The molecule has 1 aromatic carbocycles. The predicted octanol–water partition coefficient (Wildman–Crippen LogP) is 3.30. The number of nitrogens with zero attached hydrogens (tertiary/aromatic N) is 1. The molecule has 1 fully saturated rings. The molecule has 118 valence electrons. The Balaban J connectivity index is 2.22. The summed E-state index contributed by atoms with van der Waals surface area (Å²) in [6, 6.07) is 3.08. The van der Waals surface area contributed by atoms with Crippen LogP contribution in [0, 0.1) is 11.6 Å². The van der Waals surface area contributed by atoms with E-state index in [1.807, 2.05) is 18.7 Å². The minimum atomic E-state index is -0.482. The number of thioether (sulfide) groups is 1. The summed E-state index contributed by atoms with van der Waals surface area (Å²) in [5.74, 6) is 1.16. The molecular formula is C15H21BrF2N2S. The number of hydrogen-bond donors (Lipinski definition) is 1. The fourth-order valence-corrected chi connectivity index (χ4v) is 4.40. The highest BCUT2D eigenvalue weighted by Gasteiger charge is 2.29. The molecule has 0 aromatic heterocycles. The van der Waals surface area contributed by atoms with Crippen LogP contribution in [0.2, 0.25) is 0 Å². The van der Waals surface area contributed by atoms with Gasteiger partial charge in [0.25, 0.3) is 0 Å². The first kappa shape index (κ1) is 17.2. The van der Waals surface area contributed by atoms with Gasteiger partial charge in [-0.15, -0.1) is 0 Å². The van der Waals surface area contributed by atoms with Gasteiger partial charge in [-0.2, -0.15) is 11.8 Å². The van der Waals surface area contributed by atoms with Gasteiger partial charge in [0, 0.05) is 35.7 Å². The average Bonchev–Trinajstić information content (AvgIpc) is 2.47. The van der Waals surface area contributed by atoms with E-state index in [-0.39, 0.29) is 11.6 Å². The van der Waals surface area contributed by atoms with Crippen molar-refractivity contribution in [3.05, 3.63) is 33.8 Å².